The number of halogens is 3. The Morgan fingerprint density at radius 2 is 1.84 bits per heavy atom. The Morgan fingerprint density at radius 3 is 2.53 bits per heavy atom. The minimum atomic E-state index is -4.41. The minimum Gasteiger partial charge on any atom is -0.291 e. The molecule has 0 spiro atoms. The highest BCUT2D eigenvalue weighted by atomic mass is 19.4. The summed E-state index contributed by atoms with van der Waals surface area (Å²) in [7, 11) is 0. The van der Waals surface area contributed by atoms with Crippen molar-refractivity contribution in [2.24, 2.45) is 4.99 Å². The third kappa shape index (κ3) is 2.35. The lowest BCUT2D eigenvalue weighted by atomic mass is 10.0. The molecule has 19 heavy (non-hydrogen) atoms. The van der Waals surface area contributed by atoms with E-state index in [9.17, 15) is 13.2 Å². The number of rotatable bonds is 1. The lowest BCUT2D eigenvalue weighted by molar-refractivity contribution is -0.142. The van der Waals surface area contributed by atoms with Crippen LogP contribution in [0, 0.1) is 0 Å². The van der Waals surface area contributed by atoms with Crippen LogP contribution in [0.1, 0.15) is 54.4 Å². The van der Waals surface area contributed by atoms with E-state index >= 15 is 0 Å². The van der Waals surface area contributed by atoms with E-state index in [4.69, 9.17) is 0 Å². The van der Waals surface area contributed by atoms with Crippen molar-refractivity contribution < 1.29 is 13.2 Å². The highest BCUT2D eigenvalue weighted by Gasteiger charge is 2.38. The summed E-state index contributed by atoms with van der Waals surface area (Å²) in [5, 5.41) is 0. The molecule has 0 atom stereocenters. The average Bonchev–Trinajstić information content (AvgIpc) is 2.90. The van der Waals surface area contributed by atoms with Gasteiger partial charge in [-0.05, 0) is 12.8 Å². The van der Waals surface area contributed by atoms with Crippen LogP contribution < -0.4 is 0 Å². The molecule has 6 heteroatoms. The Bertz CT molecular complexity index is 517. The van der Waals surface area contributed by atoms with Crippen LogP contribution in [-0.4, -0.2) is 16.2 Å². The van der Waals surface area contributed by atoms with Gasteiger partial charge in [0.2, 0.25) is 0 Å². The fourth-order valence-electron chi connectivity index (χ4n) is 2.80. The summed E-state index contributed by atoms with van der Waals surface area (Å²) in [5.41, 5.74) is -0.110. The molecule has 2 aliphatic rings. The Morgan fingerprint density at radius 1 is 1.11 bits per heavy atom. The van der Waals surface area contributed by atoms with Crippen molar-refractivity contribution in [3.05, 3.63) is 22.8 Å². The molecule has 0 bridgehead atoms. The van der Waals surface area contributed by atoms with Crippen LogP contribution in [0.4, 0.5) is 13.2 Å². The maximum absolute atomic E-state index is 13.1. The third-order valence-corrected chi connectivity index (χ3v) is 3.76. The molecular formula is C13H14F3N3. The third-order valence-electron chi connectivity index (χ3n) is 3.76. The van der Waals surface area contributed by atoms with E-state index in [-0.39, 0.29) is 24.4 Å². The number of aliphatic imine (C=N–C) groups is 1. The average molecular weight is 269 g/mol. The van der Waals surface area contributed by atoms with Gasteiger partial charge in [0.25, 0.3) is 0 Å². The number of aromatic nitrogens is 2. The van der Waals surface area contributed by atoms with Crippen LogP contribution >= 0.6 is 0 Å². The van der Waals surface area contributed by atoms with Crippen molar-refractivity contribution in [2.45, 2.75) is 50.7 Å². The monoisotopic (exact) mass is 269 g/mol. The van der Waals surface area contributed by atoms with Gasteiger partial charge < -0.3 is 0 Å². The van der Waals surface area contributed by atoms with E-state index in [2.05, 4.69) is 15.0 Å². The Labute approximate surface area is 109 Å². The standard InChI is InChI=1S/C13H14F3N3/c14-13(15,16)11-9-5-6-17-7-10(9)18-12(19-11)8-3-1-2-4-8/h6,8H,1-5,7H2. The van der Waals surface area contributed by atoms with Gasteiger partial charge in [-0.25, -0.2) is 9.97 Å². The molecule has 0 radical (unpaired) electrons. The normalized spacial score (nSPS) is 19.7. The van der Waals surface area contributed by atoms with Crippen molar-refractivity contribution in [2.75, 3.05) is 0 Å². The quantitative estimate of drug-likeness (QED) is 0.784. The lowest BCUT2D eigenvalue weighted by Crippen LogP contribution is -2.20. The van der Waals surface area contributed by atoms with Crippen LogP contribution in [0.25, 0.3) is 0 Å². The molecule has 0 N–H and O–H groups in total. The Hall–Kier alpha value is -1.46. The summed E-state index contributed by atoms with van der Waals surface area (Å²) in [6.45, 7) is 0.237. The zero-order valence-electron chi connectivity index (χ0n) is 10.4. The first-order chi connectivity index (χ1) is 9.05. The Balaban J connectivity index is 2.09. The van der Waals surface area contributed by atoms with Crippen LogP contribution in [0.5, 0.6) is 0 Å². The second kappa shape index (κ2) is 4.58. The van der Waals surface area contributed by atoms with E-state index in [0.29, 0.717) is 11.5 Å². The van der Waals surface area contributed by atoms with Crippen molar-refractivity contribution in [3.8, 4) is 0 Å². The smallest absolute Gasteiger partial charge is 0.291 e. The van der Waals surface area contributed by atoms with Gasteiger partial charge in [-0.15, -0.1) is 0 Å². The molecule has 3 rings (SSSR count). The number of nitrogens with zero attached hydrogens (tertiary/aromatic N) is 3. The van der Waals surface area contributed by atoms with Crippen molar-refractivity contribution in [3.63, 3.8) is 0 Å². The van der Waals surface area contributed by atoms with E-state index in [1.807, 2.05) is 0 Å². The van der Waals surface area contributed by atoms with Crippen LogP contribution in [0.3, 0.4) is 0 Å². The summed E-state index contributed by atoms with van der Waals surface area (Å²) in [5.74, 6) is 0.443. The highest BCUT2D eigenvalue weighted by Crippen LogP contribution is 2.37. The number of fused-ring (bicyclic) bond motifs is 1. The van der Waals surface area contributed by atoms with Gasteiger partial charge >= 0.3 is 6.18 Å². The van der Waals surface area contributed by atoms with Gasteiger partial charge in [-0.1, -0.05) is 12.8 Å². The lowest BCUT2D eigenvalue weighted by Gasteiger charge is -2.19. The molecule has 0 unspecified atom stereocenters. The van der Waals surface area contributed by atoms with E-state index < -0.39 is 11.9 Å². The summed E-state index contributed by atoms with van der Waals surface area (Å²) >= 11 is 0. The van der Waals surface area contributed by atoms with Crippen molar-refractivity contribution in [1.29, 1.82) is 0 Å². The molecule has 2 heterocycles. The van der Waals surface area contributed by atoms with Gasteiger partial charge in [0.1, 0.15) is 5.82 Å². The summed E-state index contributed by atoms with van der Waals surface area (Å²) in [4.78, 5) is 12.2. The molecule has 102 valence electrons. The summed E-state index contributed by atoms with van der Waals surface area (Å²) in [6.07, 6.45) is 1.14. The van der Waals surface area contributed by atoms with E-state index in [1.165, 1.54) is 6.21 Å². The molecule has 0 amide bonds. The molecule has 0 saturated heterocycles. The van der Waals surface area contributed by atoms with E-state index in [1.54, 1.807) is 0 Å². The highest BCUT2D eigenvalue weighted by molar-refractivity contribution is 5.64. The van der Waals surface area contributed by atoms with Crippen LogP contribution in [0.15, 0.2) is 4.99 Å². The molecule has 1 aliphatic carbocycles. The first-order valence-corrected chi connectivity index (χ1v) is 6.51. The SMILES string of the molecule is FC(F)(F)c1nc(C2CCCC2)nc2c1CC=NC2. The molecule has 1 aromatic rings. The molecule has 1 fully saturated rings. The zero-order chi connectivity index (χ0) is 13.5. The van der Waals surface area contributed by atoms with Crippen LogP contribution in [-0.2, 0) is 19.1 Å². The maximum atomic E-state index is 13.1. The molecule has 1 saturated carbocycles. The topological polar surface area (TPSA) is 38.1 Å². The number of hydrogen-bond acceptors (Lipinski definition) is 3. The Kier molecular flexibility index (Phi) is 3.03. The molecule has 0 aromatic carbocycles. The number of hydrogen-bond donors (Lipinski definition) is 0. The maximum Gasteiger partial charge on any atom is 0.433 e. The minimum absolute atomic E-state index is 0.0808. The zero-order valence-corrected chi connectivity index (χ0v) is 10.4. The fourth-order valence-corrected chi connectivity index (χ4v) is 2.80. The van der Waals surface area contributed by atoms with Gasteiger partial charge in [0, 0.05) is 24.1 Å². The van der Waals surface area contributed by atoms with Gasteiger partial charge in [0.15, 0.2) is 5.69 Å². The molecule has 1 aromatic heterocycles. The summed E-state index contributed by atoms with van der Waals surface area (Å²) < 4.78 is 39.3. The first-order valence-electron chi connectivity index (χ1n) is 6.51. The molecular weight excluding hydrogens is 255 g/mol. The number of alkyl halides is 3. The predicted molar refractivity (Wildman–Crippen MR) is 64.1 cm³/mol. The first kappa shape index (κ1) is 12.6. The van der Waals surface area contributed by atoms with Crippen molar-refractivity contribution >= 4 is 6.21 Å². The fraction of sp³-hybridized carbons (Fsp3) is 0.615. The van der Waals surface area contributed by atoms with E-state index in [0.717, 1.165) is 25.7 Å². The predicted octanol–water partition coefficient (Wildman–Crippen LogP) is 3.28. The van der Waals surface area contributed by atoms with Crippen LogP contribution in [0.2, 0.25) is 0 Å². The van der Waals surface area contributed by atoms with Crippen molar-refractivity contribution in [1.82, 2.24) is 9.97 Å². The van der Waals surface area contributed by atoms with Gasteiger partial charge in [0.05, 0.1) is 12.2 Å². The largest absolute Gasteiger partial charge is 0.433 e. The van der Waals surface area contributed by atoms with Gasteiger partial charge in [-0.2, -0.15) is 13.2 Å². The summed E-state index contributed by atoms with van der Waals surface area (Å²) in [6, 6.07) is 0. The molecule has 1 aliphatic heterocycles. The molecule has 3 nitrogen and oxygen atoms in total. The van der Waals surface area contributed by atoms with Gasteiger partial charge in [-0.3, -0.25) is 4.99 Å². The second-order valence-electron chi connectivity index (χ2n) is 5.06. The second-order valence-corrected chi connectivity index (χ2v) is 5.06.